The molecule has 0 aliphatic carbocycles. The van der Waals surface area contributed by atoms with Crippen LogP contribution in [0.5, 0.6) is 11.5 Å². The molecule has 606 valence electrons. The van der Waals surface area contributed by atoms with E-state index in [0.29, 0.717) is 180 Å². The largest absolute Gasteiger partial charge is 0.481 e. The monoisotopic (exact) mass is 1600 g/mol. The standard InChI is InChI=1S/C65H107N11O27P2S2/c77-55(78)15-25-91-31-37-97-38-32-92-26-20-74(21-27-93-33-39-98-41-35-95-29-23-75-45-49(70-72-75)5-1-3-18-66-64(106)68-47-7-11-51(12-8-47)100-62-60(83)58(81)56(79)53(102-62)16-43-104(85,86)87)22-28-94-34-40-99-42-36-96-30-24-76-46-50(71-73-76)6-2-4-19-67-65(107)69-48-9-13-52(14-10-48)101-63-61(84)59(82)57(80)54(103-63)17-44-105(88,89)90/h7-14,45-46,53-54,56-63,79-84H,1-6,15-44H2,(H,77,78)(H2,66,68,106)(H2,67,69,107)(H2,85,86,87)(H2,88,89,90)/t53-,54-,56-,57-,58+,59+,60+,61+,62+,63+/m1/s1. The van der Waals surface area contributed by atoms with Gasteiger partial charge in [-0.25, -0.2) is 9.36 Å². The number of nitrogens with one attached hydrogen (secondary N) is 4. The number of aliphatic hydroxyl groups is 6. The zero-order valence-corrected chi connectivity index (χ0v) is 63.2. The maximum atomic E-state index is 11.3. The smallest absolute Gasteiger partial charge is 0.325 e. The minimum atomic E-state index is -4.39. The number of thiocarbonyl (C=S) groups is 2. The number of carboxylic acid groups (broad SMARTS) is 1. The van der Waals surface area contributed by atoms with Gasteiger partial charge >= 0.3 is 21.2 Å². The third-order valence-corrected chi connectivity index (χ3v) is 18.4. The summed E-state index contributed by atoms with van der Waals surface area (Å²) in [4.78, 5) is 49.7. The number of aliphatic carboxylic acids is 1. The first-order valence-corrected chi connectivity index (χ1v) is 39.9. The molecule has 38 nitrogen and oxygen atoms in total. The van der Waals surface area contributed by atoms with E-state index in [1.807, 2.05) is 12.4 Å². The van der Waals surface area contributed by atoms with E-state index in [-0.39, 0.29) is 37.4 Å². The Morgan fingerprint density at radius 1 is 0.467 bits per heavy atom. The van der Waals surface area contributed by atoms with Gasteiger partial charge in [0.2, 0.25) is 12.6 Å². The van der Waals surface area contributed by atoms with Gasteiger partial charge in [-0.15, -0.1) is 10.2 Å². The van der Waals surface area contributed by atoms with E-state index >= 15 is 0 Å². The van der Waals surface area contributed by atoms with Gasteiger partial charge in [0.25, 0.3) is 0 Å². The summed E-state index contributed by atoms with van der Waals surface area (Å²) < 4.78 is 99.9. The van der Waals surface area contributed by atoms with E-state index in [1.165, 1.54) is 0 Å². The quantitative estimate of drug-likeness (QED) is 0.0152. The van der Waals surface area contributed by atoms with Gasteiger partial charge in [0.05, 0.1) is 174 Å². The van der Waals surface area contributed by atoms with E-state index < -0.39 is 94.9 Å². The van der Waals surface area contributed by atoms with Crippen molar-refractivity contribution in [1.82, 2.24) is 45.5 Å². The van der Waals surface area contributed by atoms with Crippen molar-refractivity contribution in [2.45, 2.75) is 132 Å². The predicted molar refractivity (Wildman–Crippen MR) is 391 cm³/mol. The molecule has 0 radical (unpaired) electrons. The number of unbranched alkanes of at least 4 members (excludes halogenated alkanes) is 2. The predicted octanol–water partition coefficient (Wildman–Crippen LogP) is -0.377. The van der Waals surface area contributed by atoms with Gasteiger partial charge in [0, 0.05) is 56.5 Å². The van der Waals surface area contributed by atoms with Crippen LogP contribution in [-0.4, -0.2) is 332 Å². The molecule has 6 rings (SSSR count). The molecule has 0 amide bonds. The Morgan fingerprint density at radius 3 is 1.15 bits per heavy atom. The van der Waals surface area contributed by atoms with E-state index in [9.17, 15) is 64.1 Å². The fraction of sp³-hybridized carbons (Fsp3) is 0.708. The minimum absolute atomic E-state index is 0.0561. The summed E-state index contributed by atoms with van der Waals surface area (Å²) in [6.07, 6.45) is -7.89. The van der Waals surface area contributed by atoms with Crippen molar-refractivity contribution < 1.29 is 131 Å². The lowest BCUT2D eigenvalue weighted by Gasteiger charge is -2.40. The number of ether oxygens (including phenoxy) is 13. The summed E-state index contributed by atoms with van der Waals surface area (Å²) in [7, 11) is -8.77. The Kier molecular flexibility index (Phi) is 43.5. The molecule has 2 aliphatic heterocycles. The van der Waals surface area contributed by atoms with Gasteiger partial charge in [0.1, 0.15) is 48.1 Å². The van der Waals surface area contributed by atoms with Gasteiger partial charge in [-0.1, -0.05) is 10.4 Å². The lowest BCUT2D eigenvalue weighted by Crippen LogP contribution is -2.59. The van der Waals surface area contributed by atoms with Crippen LogP contribution in [0.2, 0.25) is 0 Å². The topological polar surface area (TPSA) is 507 Å². The number of benzene rings is 2. The second-order valence-electron chi connectivity index (χ2n) is 24.8. The van der Waals surface area contributed by atoms with Crippen LogP contribution in [0, 0.1) is 0 Å². The number of rotatable bonds is 58. The Morgan fingerprint density at radius 2 is 0.804 bits per heavy atom. The normalized spacial score (nSPS) is 20.5. The van der Waals surface area contributed by atoms with Crippen LogP contribution in [0.4, 0.5) is 11.4 Å². The Hall–Kier alpha value is -5.25. The van der Waals surface area contributed by atoms with Crippen molar-refractivity contribution in [3.63, 3.8) is 0 Å². The molecule has 42 heteroatoms. The third kappa shape index (κ3) is 39.0. The molecule has 2 aromatic heterocycles. The Balaban J connectivity index is 0.731. The molecule has 0 unspecified atom stereocenters. The van der Waals surface area contributed by atoms with Crippen molar-refractivity contribution in [3.05, 3.63) is 72.3 Å². The Bertz CT molecular complexity index is 3000. The number of nitrogens with zero attached hydrogens (tertiary/aromatic N) is 7. The highest BCUT2D eigenvalue weighted by Crippen LogP contribution is 2.39. The lowest BCUT2D eigenvalue weighted by atomic mass is 9.97. The second kappa shape index (κ2) is 51.3. The van der Waals surface area contributed by atoms with E-state index in [0.717, 1.165) is 49.9 Å². The number of hydrogen-bond donors (Lipinski definition) is 15. The van der Waals surface area contributed by atoms with E-state index in [4.69, 9.17) is 91.1 Å². The van der Waals surface area contributed by atoms with Gasteiger partial charge in [-0.2, -0.15) is 0 Å². The SMILES string of the molecule is O=C(O)CCOCCOCCOCCN(CCOCCOCCOCCn1cc(CCCCNC(=S)Nc2ccc(O[C@H]3O[C@H](CCP(=O)(O)O)[C@@H](O)[C@H](O)[C@@H]3O)cc2)nn1)CCOCCOCCOCCn1cc(CCCCNC(=S)Nc2ccc(O[C@H]3O[C@H](CCP(=O)(O)O)[C@@H](O)[C@H](O)[C@@H]3O)cc2)nn1. The zero-order chi connectivity index (χ0) is 77.1. The zero-order valence-electron chi connectivity index (χ0n) is 59.8. The first kappa shape index (κ1) is 90.6. The lowest BCUT2D eigenvalue weighted by molar-refractivity contribution is -0.272. The highest BCUT2D eigenvalue weighted by Gasteiger charge is 2.47. The van der Waals surface area contributed by atoms with E-state index in [1.54, 1.807) is 57.9 Å². The number of aryl methyl sites for hydroxylation is 2. The van der Waals surface area contributed by atoms with Crippen LogP contribution < -0.4 is 30.7 Å². The number of carboxylic acids is 1. The van der Waals surface area contributed by atoms with Crippen molar-refractivity contribution in [3.8, 4) is 11.5 Å². The fourth-order valence-corrected chi connectivity index (χ4v) is 12.0. The average Bonchev–Trinajstić information content (AvgIpc) is 1.42. The molecule has 2 aliphatic rings. The number of aliphatic hydroxyl groups excluding tert-OH is 6. The molecule has 0 spiro atoms. The highest BCUT2D eigenvalue weighted by molar-refractivity contribution is 7.80. The van der Waals surface area contributed by atoms with Crippen LogP contribution >= 0.6 is 39.6 Å². The van der Waals surface area contributed by atoms with Gasteiger partial charge in [-0.3, -0.25) is 18.8 Å². The van der Waals surface area contributed by atoms with Crippen molar-refractivity contribution in [1.29, 1.82) is 0 Å². The van der Waals surface area contributed by atoms with E-state index in [2.05, 4.69) is 46.8 Å². The third-order valence-electron chi connectivity index (χ3n) is 16.2. The molecule has 2 fully saturated rings. The van der Waals surface area contributed by atoms with Crippen molar-refractivity contribution in [2.75, 3.05) is 175 Å². The summed E-state index contributed by atoms with van der Waals surface area (Å²) in [5, 5.41) is 101. The van der Waals surface area contributed by atoms with Crippen molar-refractivity contribution in [2.24, 2.45) is 0 Å². The Labute approximate surface area is 631 Å². The molecule has 4 heterocycles. The number of anilines is 2. The highest BCUT2D eigenvalue weighted by atomic mass is 32.1. The summed E-state index contributed by atoms with van der Waals surface area (Å²) in [6, 6.07) is 13.1. The fourth-order valence-electron chi connectivity index (χ4n) is 10.4. The van der Waals surface area contributed by atoms with Crippen LogP contribution in [-0.2, 0) is 92.0 Å². The first-order valence-electron chi connectivity index (χ1n) is 35.5. The van der Waals surface area contributed by atoms with Gasteiger partial charge in [-0.05, 0) is 124 Å². The van der Waals surface area contributed by atoms with Crippen LogP contribution in [0.25, 0.3) is 0 Å². The maximum Gasteiger partial charge on any atom is 0.325 e. The van der Waals surface area contributed by atoms with Gasteiger partial charge in [0.15, 0.2) is 10.2 Å². The average molecular weight is 1600 g/mol. The maximum absolute atomic E-state index is 11.3. The molecule has 4 aromatic rings. The molecule has 0 bridgehead atoms. The second-order valence-corrected chi connectivity index (χ2v) is 29.2. The molecule has 15 N–H and O–H groups in total. The summed E-state index contributed by atoms with van der Waals surface area (Å²) in [6.45, 7) is 11.3. The summed E-state index contributed by atoms with van der Waals surface area (Å²) in [5.74, 6) is -0.367. The number of hydrogen-bond acceptors (Lipinski definition) is 29. The molecule has 10 atom stereocenters. The minimum Gasteiger partial charge on any atom is -0.481 e. The molecule has 107 heavy (non-hydrogen) atoms. The van der Waals surface area contributed by atoms with Crippen LogP contribution in [0.3, 0.4) is 0 Å². The molecule has 2 saturated heterocycles. The number of aromatic nitrogens is 6. The van der Waals surface area contributed by atoms with Gasteiger partial charge < -0.3 is 138 Å². The van der Waals surface area contributed by atoms with Crippen LogP contribution in [0.1, 0.15) is 56.3 Å². The molecule has 2 aromatic carbocycles. The summed E-state index contributed by atoms with van der Waals surface area (Å²) >= 11 is 10.9. The number of carbonyl (C=O) groups is 1. The molecule has 0 saturated carbocycles. The van der Waals surface area contributed by atoms with Crippen LogP contribution in [0.15, 0.2) is 60.9 Å². The summed E-state index contributed by atoms with van der Waals surface area (Å²) in [5.41, 5.74) is 3.02. The molecular formula is C65H107N11O27P2S2. The van der Waals surface area contributed by atoms with Crippen molar-refractivity contribution >= 4 is 67.2 Å². The first-order chi connectivity index (χ1) is 51.5. The molecular weight excluding hydrogens is 1490 g/mol.